The number of piperidine rings is 2. The van der Waals surface area contributed by atoms with Gasteiger partial charge in [-0.15, -0.1) is 12.4 Å². The Balaban J connectivity index is 0.00000200. The predicted octanol–water partition coefficient (Wildman–Crippen LogP) is 3.08. The van der Waals surface area contributed by atoms with Crippen molar-refractivity contribution in [1.82, 2.24) is 10.2 Å². The summed E-state index contributed by atoms with van der Waals surface area (Å²) in [5.41, 5.74) is 0. The van der Waals surface area contributed by atoms with Crippen LogP contribution >= 0.6 is 12.4 Å². The van der Waals surface area contributed by atoms with Gasteiger partial charge in [-0.2, -0.15) is 0 Å². The van der Waals surface area contributed by atoms with Crippen LogP contribution in [0.15, 0.2) is 0 Å². The smallest absolute Gasteiger partial charge is 0.222 e. The molecule has 118 valence electrons. The van der Waals surface area contributed by atoms with Gasteiger partial charge >= 0.3 is 0 Å². The summed E-state index contributed by atoms with van der Waals surface area (Å²) in [6.07, 6.45) is 6.79. The monoisotopic (exact) mass is 302 g/mol. The molecule has 3 nitrogen and oxygen atoms in total. The second-order valence-corrected chi connectivity index (χ2v) is 6.69. The highest BCUT2D eigenvalue weighted by molar-refractivity contribution is 5.85. The van der Waals surface area contributed by atoms with Crippen molar-refractivity contribution in [1.29, 1.82) is 0 Å². The van der Waals surface area contributed by atoms with E-state index in [0.29, 0.717) is 5.91 Å². The molecule has 0 radical (unpaired) electrons. The Hall–Kier alpha value is -0.280. The number of nitrogens with zero attached hydrogens (tertiary/aromatic N) is 1. The van der Waals surface area contributed by atoms with Crippen LogP contribution < -0.4 is 5.32 Å². The molecule has 0 aliphatic carbocycles. The van der Waals surface area contributed by atoms with E-state index in [4.69, 9.17) is 0 Å². The summed E-state index contributed by atoms with van der Waals surface area (Å²) in [7, 11) is 0. The molecule has 4 heteroatoms. The Labute approximate surface area is 130 Å². The van der Waals surface area contributed by atoms with E-state index in [1.165, 1.54) is 25.7 Å². The molecule has 0 bridgehead atoms. The highest BCUT2D eigenvalue weighted by Crippen LogP contribution is 2.25. The van der Waals surface area contributed by atoms with Crippen molar-refractivity contribution in [3.63, 3.8) is 0 Å². The van der Waals surface area contributed by atoms with Gasteiger partial charge in [0.2, 0.25) is 5.91 Å². The zero-order chi connectivity index (χ0) is 13.7. The summed E-state index contributed by atoms with van der Waals surface area (Å²) in [6.45, 7) is 8.87. The van der Waals surface area contributed by atoms with Crippen molar-refractivity contribution in [3.8, 4) is 0 Å². The molecule has 0 atom stereocenters. The van der Waals surface area contributed by atoms with Crippen molar-refractivity contribution in [2.24, 2.45) is 17.8 Å². The molecule has 2 aliphatic heterocycles. The number of nitrogens with one attached hydrogen (secondary N) is 1. The quantitative estimate of drug-likeness (QED) is 0.865. The lowest BCUT2D eigenvalue weighted by Gasteiger charge is -2.34. The molecule has 20 heavy (non-hydrogen) atoms. The van der Waals surface area contributed by atoms with Crippen LogP contribution in [0.3, 0.4) is 0 Å². The third-order valence-electron chi connectivity index (χ3n) is 5.06. The van der Waals surface area contributed by atoms with E-state index in [9.17, 15) is 4.79 Å². The van der Waals surface area contributed by atoms with Gasteiger partial charge in [0.05, 0.1) is 0 Å². The highest BCUT2D eigenvalue weighted by Gasteiger charge is 2.25. The first-order chi connectivity index (χ1) is 9.16. The molecule has 1 N–H and O–H groups in total. The standard InChI is InChI=1S/C16H30N2O.ClH/c1-13(2)15-7-11-18(12-8-15)16(19)4-3-14-5-9-17-10-6-14;/h13-15,17H,3-12H2,1-2H3;1H. The zero-order valence-electron chi connectivity index (χ0n) is 13.1. The van der Waals surface area contributed by atoms with Gasteiger partial charge in [0.1, 0.15) is 0 Å². The second-order valence-electron chi connectivity index (χ2n) is 6.69. The second kappa shape index (κ2) is 8.89. The molecule has 0 aromatic rings. The summed E-state index contributed by atoms with van der Waals surface area (Å²) in [4.78, 5) is 14.3. The fourth-order valence-corrected chi connectivity index (χ4v) is 3.47. The molecule has 0 aromatic carbocycles. The van der Waals surface area contributed by atoms with Crippen LogP contribution in [0, 0.1) is 17.8 Å². The van der Waals surface area contributed by atoms with E-state index < -0.39 is 0 Å². The number of carbonyl (C=O) groups is 1. The first kappa shape index (κ1) is 17.8. The lowest BCUT2D eigenvalue weighted by Crippen LogP contribution is -2.39. The maximum absolute atomic E-state index is 12.2. The maximum atomic E-state index is 12.2. The van der Waals surface area contributed by atoms with Gasteiger partial charge in [0.25, 0.3) is 0 Å². The third-order valence-corrected chi connectivity index (χ3v) is 5.06. The fraction of sp³-hybridized carbons (Fsp3) is 0.938. The van der Waals surface area contributed by atoms with Gasteiger partial charge in [-0.05, 0) is 62.9 Å². The molecular weight excluding hydrogens is 272 g/mol. The number of hydrogen-bond acceptors (Lipinski definition) is 2. The van der Waals surface area contributed by atoms with Gasteiger partial charge in [0, 0.05) is 19.5 Å². The number of carbonyl (C=O) groups excluding carboxylic acids is 1. The Bertz CT molecular complexity index is 282. The van der Waals surface area contributed by atoms with Gasteiger partial charge in [0.15, 0.2) is 0 Å². The minimum absolute atomic E-state index is 0. The first-order valence-electron chi connectivity index (χ1n) is 8.15. The summed E-state index contributed by atoms with van der Waals surface area (Å²) >= 11 is 0. The van der Waals surface area contributed by atoms with Crippen molar-refractivity contribution in [2.75, 3.05) is 26.2 Å². The number of halogens is 1. The summed E-state index contributed by atoms with van der Waals surface area (Å²) in [6, 6.07) is 0. The van der Waals surface area contributed by atoms with Gasteiger partial charge in [-0.1, -0.05) is 13.8 Å². The number of rotatable bonds is 4. The molecule has 2 heterocycles. The molecule has 2 saturated heterocycles. The van der Waals surface area contributed by atoms with Crippen LogP contribution in [-0.2, 0) is 4.79 Å². The van der Waals surface area contributed by atoms with Crippen LogP contribution in [0.1, 0.15) is 52.4 Å². The molecule has 0 saturated carbocycles. The Morgan fingerprint density at radius 3 is 2.30 bits per heavy atom. The topological polar surface area (TPSA) is 32.3 Å². The lowest BCUT2D eigenvalue weighted by molar-refractivity contribution is -0.133. The molecule has 0 spiro atoms. The average molecular weight is 303 g/mol. The average Bonchev–Trinajstić information content (AvgIpc) is 2.46. The van der Waals surface area contributed by atoms with Crippen LogP contribution in [-0.4, -0.2) is 37.0 Å². The molecule has 0 unspecified atom stereocenters. The van der Waals surface area contributed by atoms with Crippen molar-refractivity contribution in [3.05, 3.63) is 0 Å². The normalized spacial score (nSPS) is 21.9. The third kappa shape index (κ3) is 5.25. The maximum Gasteiger partial charge on any atom is 0.222 e. The summed E-state index contributed by atoms with van der Waals surface area (Å²) in [5.74, 6) is 2.78. The van der Waals surface area contributed by atoms with Crippen LogP contribution in [0.25, 0.3) is 0 Å². The van der Waals surface area contributed by atoms with E-state index in [-0.39, 0.29) is 12.4 Å². The summed E-state index contributed by atoms with van der Waals surface area (Å²) < 4.78 is 0. The molecular formula is C16H31ClN2O. The molecule has 2 rings (SSSR count). The van der Waals surface area contributed by atoms with Crippen molar-refractivity contribution < 1.29 is 4.79 Å². The minimum atomic E-state index is 0. The SMILES string of the molecule is CC(C)C1CCN(C(=O)CCC2CCNCC2)CC1.Cl. The highest BCUT2D eigenvalue weighted by atomic mass is 35.5. The predicted molar refractivity (Wildman–Crippen MR) is 86.2 cm³/mol. The Kier molecular flexibility index (Phi) is 7.90. The van der Waals surface area contributed by atoms with Crippen LogP contribution in [0.2, 0.25) is 0 Å². The van der Waals surface area contributed by atoms with Gasteiger partial charge in [-0.3, -0.25) is 4.79 Å². The van der Waals surface area contributed by atoms with Crippen LogP contribution in [0.5, 0.6) is 0 Å². The minimum Gasteiger partial charge on any atom is -0.343 e. The van der Waals surface area contributed by atoms with Crippen molar-refractivity contribution in [2.45, 2.75) is 52.4 Å². The van der Waals surface area contributed by atoms with E-state index >= 15 is 0 Å². The Morgan fingerprint density at radius 1 is 1.15 bits per heavy atom. The zero-order valence-corrected chi connectivity index (χ0v) is 13.9. The van der Waals surface area contributed by atoms with Gasteiger partial charge < -0.3 is 10.2 Å². The summed E-state index contributed by atoms with van der Waals surface area (Å²) in [5, 5.41) is 3.39. The molecule has 1 amide bonds. The van der Waals surface area contributed by atoms with E-state index in [1.807, 2.05) is 0 Å². The van der Waals surface area contributed by atoms with E-state index in [1.54, 1.807) is 0 Å². The number of hydrogen-bond donors (Lipinski definition) is 1. The number of likely N-dealkylation sites (tertiary alicyclic amines) is 1. The Morgan fingerprint density at radius 2 is 1.75 bits per heavy atom. The van der Waals surface area contributed by atoms with Crippen LogP contribution in [0.4, 0.5) is 0 Å². The number of amides is 1. The molecule has 2 aliphatic rings. The molecule has 0 aromatic heterocycles. The van der Waals surface area contributed by atoms with Gasteiger partial charge in [-0.25, -0.2) is 0 Å². The molecule has 2 fully saturated rings. The fourth-order valence-electron chi connectivity index (χ4n) is 3.47. The first-order valence-corrected chi connectivity index (χ1v) is 8.15. The van der Waals surface area contributed by atoms with Crippen molar-refractivity contribution >= 4 is 18.3 Å². The van der Waals surface area contributed by atoms with E-state index in [0.717, 1.165) is 56.8 Å². The van der Waals surface area contributed by atoms with E-state index in [2.05, 4.69) is 24.1 Å². The lowest BCUT2D eigenvalue weighted by atomic mass is 9.86. The largest absolute Gasteiger partial charge is 0.343 e.